The molecule has 9 heteroatoms. The van der Waals surface area contributed by atoms with E-state index in [0.717, 1.165) is 35.9 Å². The number of rotatable bonds is 8. The van der Waals surface area contributed by atoms with Gasteiger partial charge in [0.05, 0.1) is 26.0 Å². The first kappa shape index (κ1) is 20.3. The fourth-order valence-corrected chi connectivity index (χ4v) is 3.48. The van der Waals surface area contributed by atoms with Crippen molar-refractivity contribution in [3.05, 3.63) is 34.3 Å². The Morgan fingerprint density at radius 2 is 1.92 bits per heavy atom. The van der Waals surface area contributed by atoms with Crippen LogP contribution in [0.2, 0.25) is 0 Å². The molecule has 1 aromatic carbocycles. The van der Waals surface area contributed by atoms with Crippen LogP contribution in [0.25, 0.3) is 0 Å². The average Bonchev–Trinajstić information content (AvgIpc) is 2.56. The van der Waals surface area contributed by atoms with Gasteiger partial charge in [-0.15, -0.1) is 0 Å². The van der Waals surface area contributed by atoms with Crippen molar-refractivity contribution in [2.75, 3.05) is 52.2 Å². The monoisotopic (exact) mass is 433 g/mol. The Morgan fingerprint density at radius 1 is 1.28 bits per heavy atom. The van der Waals surface area contributed by atoms with Crippen LogP contribution < -0.4 is 5.32 Å². The van der Waals surface area contributed by atoms with Crippen LogP contribution >= 0.6 is 15.9 Å². The highest BCUT2D eigenvalue weighted by atomic mass is 79.9. The van der Waals surface area contributed by atoms with Gasteiger partial charge in [0.1, 0.15) is 0 Å². The topological polar surface area (TPSA) is 79.0 Å². The van der Waals surface area contributed by atoms with Crippen LogP contribution in [0.15, 0.2) is 28.7 Å². The van der Waals surface area contributed by atoms with E-state index in [-0.39, 0.29) is 19.0 Å². The summed E-state index contributed by atoms with van der Waals surface area (Å²) in [5.74, 6) is -0.296. The van der Waals surface area contributed by atoms with E-state index in [2.05, 4.69) is 26.1 Å². The first-order chi connectivity index (χ1) is 11.8. The minimum atomic E-state index is -3.48. The SMILES string of the molecule is CS(=O)(=O)N(CC(=O)NCCN1CCOCC1)Cc1ccc(Br)cc1. The maximum Gasteiger partial charge on any atom is 0.235 e. The van der Waals surface area contributed by atoms with Crippen molar-refractivity contribution in [3.8, 4) is 0 Å². The van der Waals surface area contributed by atoms with Gasteiger partial charge in [-0.1, -0.05) is 28.1 Å². The molecule has 1 N–H and O–H groups in total. The lowest BCUT2D eigenvalue weighted by molar-refractivity contribution is -0.121. The number of morpholine rings is 1. The number of ether oxygens (including phenoxy) is 1. The molecule has 1 amide bonds. The van der Waals surface area contributed by atoms with Gasteiger partial charge < -0.3 is 10.1 Å². The number of benzene rings is 1. The highest BCUT2D eigenvalue weighted by Crippen LogP contribution is 2.13. The maximum atomic E-state index is 12.1. The molecule has 0 aromatic heterocycles. The molecular weight excluding hydrogens is 410 g/mol. The molecule has 0 atom stereocenters. The summed E-state index contributed by atoms with van der Waals surface area (Å²) in [6.45, 7) is 4.35. The Morgan fingerprint density at radius 3 is 2.52 bits per heavy atom. The summed E-state index contributed by atoms with van der Waals surface area (Å²) in [6.07, 6.45) is 1.12. The van der Waals surface area contributed by atoms with E-state index in [9.17, 15) is 13.2 Å². The summed E-state index contributed by atoms with van der Waals surface area (Å²) in [5, 5.41) is 2.79. The second kappa shape index (κ2) is 9.63. The van der Waals surface area contributed by atoms with Crippen LogP contribution in [0.4, 0.5) is 0 Å². The number of nitrogens with zero attached hydrogens (tertiary/aromatic N) is 2. The van der Waals surface area contributed by atoms with Crippen molar-refractivity contribution in [2.45, 2.75) is 6.54 Å². The standard InChI is InChI=1S/C16H24BrN3O4S/c1-25(22,23)20(12-14-2-4-15(17)5-3-14)13-16(21)18-6-7-19-8-10-24-11-9-19/h2-5H,6-13H2,1H3,(H,18,21). The van der Waals surface area contributed by atoms with Crippen LogP contribution in [-0.4, -0.2) is 75.7 Å². The molecular formula is C16H24BrN3O4S. The normalized spacial score (nSPS) is 16.1. The van der Waals surface area contributed by atoms with Gasteiger partial charge in [-0.05, 0) is 17.7 Å². The van der Waals surface area contributed by atoms with Gasteiger partial charge in [-0.2, -0.15) is 4.31 Å². The predicted octanol–water partition coefficient (Wildman–Crippen LogP) is 0.659. The van der Waals surface area contributed by atoms with E-state index in [1.807, 2.05) is 24.3 Å². The minimum Gasteiger partial charge on any atom is -0.379 e. The average molecular weight is 434 g/mol. The summed E-state index contributed by atoms with van der Waals surface area (Å²) in [7, 11) is -3.48. The van der Waals surface area contributed by atoms with Gasteiger partial charge in [-0.25, -0.2) is 8.42 Å². The molecule has 0 unspecified atom stereocenters. The zero-order chi connectivity index (χ0) is 18.3. The smallest absolute Gasteiger partial charge is 0.235 e. The lowest BCUT2D eigenvalue weighted by Gasteiger charge is -2.26. The summed E-state index contributed by atoms with van der Waals surface area (Å²) in [4.78, 5) is 14.3. The number of carbonyl (C=O) groups is 1. The van der Waals surface area contributed by atoms with E-state index in [0.29, 0.717) is 19.8 Å². The first-order valence-corrected chi connectivity index (χ1v) is 10.7. The molecule has 0 bridgehead atoms. The van der Waals surface area contributed by atoms with Gasteiger partial charge in [0.15, 0.2) is 0 Å². The van der Waals surface area contributed by atoms with Gasteiger partial charge >= 0.3 is 0 Å². The van der Waals surface area contributed by atoms with Gasteiger partial charge in [0, 0.05) is 37.2 Å². The van der Waals surface area contributed by atoms with E-state index in [1.54, 1.807) is 0 Å². The van der Waals surface area contributed by atoms with E-state index in [4.69, 9.17) is 4.74 Å². The third-order valence-corrected chi connectivity index (χ3v) is 5.64. The number of hydrogen-bond donors (Lipinski definition) is 1. The Balaban J connectivity index is 1.83. The van der Waals surface area contributed by atoms with Crippen molar-refractivity contribution < 1.29 is 17.9 Å². The quantitative estimate of drug-likeness (QED) is 0.651. The fourth-order valence-electron chi connectivity index (χ4n) is 2.48. The predicted molar refractivity (Wildman–Crippen MR) is 99.7 cm³/mol. The van der Waals surface area contributed by atoms with E-state index in [1.165, 1.54) is 4.31 Å². The largest absolute Gasteiger partial charge is 0.379 e. The summed E-state index contributed by atoms with van der Waals surface area (Å²) < 4.78 is 31.3. The molecule has 0 aliphatic carbocycles. The van der Waals surface area contributed by atoms with Crippen molar-refractivity contribution in [1.82, 2.24) is 14.5 Å². The van der Waals surface area contributed by atoms with E-state index >= 15 is 0 Å². The summed E-state index contributed by atoms with van der Waals surface area (Å²) >= 11 is 3.34. The van der Waals surface area contributed by atoms with Crippen molar-refractivity contribution in [3.63, 3.8) is 0 Å². The Hall–Kier alpha value is -1.00. The van der Waals surface area contributed by atoms with Gasteiger partial charge in [-0.3, -0.25) is 9.69 Å². The number of carbonyl (C=O) groups excluding carboxylic acids is 1. The molecule has 2 rings (SSSR count). The first-order valence-electron chi connectivity index (χ1n) is 8.11. The molecule has 25 heavy (non-hydrogen) atoms. The van der Waals surface area contributed by atoms with Crippen LogP contribution in [0.3, 0.4) is 0 Å². The molecule has 0 saturated carbocycles. The zero-order valence-electron chi connectivity index (χ0n) is 14.3. The zero-order valence-corrected chi connectivity index (χ0v) is 16.7. The van der Waals surface area contributed by atoms with Crippen molar-refractivity contribution in [1.29, 1.82) is 0 Å². The van der Waals surface area contributed by atoms with Gasteiger partial charge in [0.25, 0.3) is 0 Å². The molecule has 1 aromatic rings. The summed E-state index contributed by atoms with van der Waals surface area (Å²) in [6, 6.07) is 7.35. The number of amides is 1. The number of hydrogen-bond acceptors (Lipinski definition) is 5. The van der Waals surface area contributed by atoms with Crippen molar-refractivity contribution >= 4 is 31.9 Å². The fraction of sp³-hybridized carbons (Fsp3) is 0.562. The maximum absolute atomic E-state index is 12.1. The van der Waals surface area contributed by atoms with Crippen LogP contribution in [0.1, 0.15) is 5.56 Å². The molecule has 0 spiro atoms. The molecule has 140 valence electrons. The minimum absolute atomic E-state index is 0.170. The van der Waals surface area contributed by atoms with Crippen molar-refractivity contribution in [2.24, 2.45) is 0 Å². The van der Waals surface area contributed by atoms with Crippen LogP contribution in [0.5, 0.6) is 0 Å². The molecule has 1 fully saturated rings. The molecule has 1 aliphatic heterocycles. The van der Waals surface area contributed by atoms with E-state index < -0.39 is 10.0 Å². The number of nitrogens with one attached hydrogen (secondary N) is 1. The Kier molecular flexibility index (Phi) is 7.82. The summed E-state index contributed by atoms with van der Waals surface area (Å²) in [5.41, 5.74) is 0.828. The lowest BCUT2D eigenvalue weighted by atomic mass is 10.2. The second-order valence-electron chi connectivity index (χ2n) is 5.96. The number of halogens is 1. The number of sulfonamides is 1. The van der Waals surface area contributed by atoms with Gasteiger partial charge in [0.2, 0.25) is 15.9 Å². The molecule has 7 nitrogen and oxygen atoms in total. The molecule has 1 saturated heterocycles. The van der Waals surface area contributed by atoms with Crippen LogP contribution in [-0.2, 0) is 26.1 Å². The second-order valence-corrected chi connectivity index (χ2v) is 8.86. The molecule has 1 heterocycles. The third-order valence-electron chi connectivity index (χ3n) is 3.92. The Labute approximate surface area is 157 Å². The Bertz CT molecular complexity index is 660. The van der Waals surface area contributed by atoms with Crippen LogP contribution in [0, 0.1) is 0 Å². The highest BCUT2D eigenvalue weighted by molar-refractivity contribution is 9.10. The highest BCUT2D eigenvalue weighted by Gasteiger charge is 2.20. The lowest BCUT2D eigenvalue weighted by Crippen LogP contribution is -2.44. The molecule has 1 aliphatic rings. The molecule has 0 radical (unpaired) electrons. The third kappa shape index (κ3) is 7.41.